The zero-order valence-electron chi connectivity index (χ0n) is 14.7. The molecule has 25 heavy (non-hydrogen) atoms. The van der Waals surface area contributed by atoms with Gasteiger partial charge in [-0.1, -0.05) is 12.1 Å². The van der Waals surface area contributed by atoms with Gasteiger partial charge < -0.3 is 9.47 Å². The zero-order valence-corrected chi connectivity index (χ0v) is 17.1. The molecule has 0 aliphatic carbocycles. The van der Waals surface area contributed by atoms with E-state index in [1.54, 1.807) is 25.6 Å². The minimum Gasteiger partial charge on any atom is -0.496 e. The summed E-state index contributed by atoms with van der Waals surface area (Å²) in [6.07, 6.45) is 0. The molecule has 0 saturated heterocycles. The monoisotopic (exact) mass is 420 g/mol. The molecule has 0 bridgehead atoms. The van der Waals surface area contributed by atoms with E-state index in [0.29, 0.717) is 0 Å². The number of rotatable bonds is 6. The average molecular weight is 421 g/mol. The normalized spacial score (nSPS) is 12.6. The van der Waals surface area contributed by atoms with Gasteiger partial charge in [0.05, 0.1) is 35.0 Å². The Labute approximate surface area is 160 Å². The topological polar surface area (TPSA) is 34.6 Å². The van der Waals surface area contributed by atoms with Crippen LogP contribution in [0.4, 0.5) is 0 Å². The Morgan fingerprint density at radius 2 is 1.88 bits per heavy atom. The Morgan fingerprint density at radius 3 is 2.56 bits per heavy atom. The fourth-order valence-corrected chi connectivity index (χ4v) is 4.28. The molecule has 1 aromatic heterocycles. The van der Waals surface area contributed by atoms with E-state index >= 15 is 0 Å². The Kier molecular flexibility index (Phi) is 5.61. The Morgan fingerprint density at radius 1 is 1.16 bits per heavy atom. The first kappa shape index (κ1) is 18.2. The predicted molar refractivity (Wildman–Crippen MR) is 107 cm³/mol. The molecular formula is C19H21BrN2O2S. The van der Waals surface area contributed by atoms with E-state index in [1.165, 1.54) is 4.70 Å². The molecule has 0 aliphatic rings. The van der Waals surface area contributed by atoms with Crippen LogP contribution >= 0.6 is 27.3 Å². The molecule has 3 rings (SSSR count). The van der Waals surface area contributed by atoms with E-state index in [0.717, 1.165) is 38.6 Å². The molecule has 1 heterocycles. The van der Waals surface area contributed by atoms with E-state index in [1.807, 2.05) is 18.2 Å². The van der Waals surface area contributed by atoms with Crippen LogP contribution in [0.2, 0.25) is 0 Å². The Bertz CT molecular complexity index is 848. The maximum Gasteiger partial charge on any atom is 0.133 e. The number of halogens is 1. The van der Waals surface area contributed by atoms with Crippen molar-refractivity contribution in [1.82, 2.24) is 9.88 Å². The molecule has 6 heteroatoms. The van der Waals surface area contributed by atoms with Crippen molar-refractivity contribution in [2.24, 2.45) is 0 Å². The molecule has 0 radical (unpaired) electrons. The summed E-state index contributed by atoms with van der Waals surface area (Å²) in [7, 11) is 5.46. The van der Waals surface area contributed by atoms with E-state index in [2.05, 4.69) is 53.0 Å². The number of thiazole rings is 1. The van der Waals surface area contributed by atoms with E-state index in [-0.39, 0.29) is 6.04 Å². The van der Waals surface area contributed by atoms with Crippen molar-refractivity contribution >= 4 is 37.5 Å². The summed E-state index contributed by atoms with van der Waals surface area (Å²) in [5.74, 6) is 1.65. The Balaban J connectivity index is 1.84. The number of ether oxygens (including phenoxy) is 2. The molecule has 0 saturated carbocycles. The number of aromatic nitrogens is 1. The second kappa shape index (κ2) is 7.72. The van der Waals surface area contributed by atoms with Crippen LogP contribution in [0, 0.1) is 0 Å². The number of nitrogens with zero attached hydrogens (tertiary/aromatic N) is 2. The number of fused-ring (bicyclic) bond motifs is 1. The third-order valence-electron chi connectivity index (χ3n) is 4.30. The van der Waals surface area contributed by atoms with E-state index in [9.17, 15) is 0 Å². The molecule has 2 aromatic carbocycles. The van der Waals surface area contributed by atoms with Gasteiger partial charge >= 0.3 is 0 Å². The maximum absolute atomic E-state index is 5.53. The van der Waals surface area contributed by atoms with E-state index in [4.69, 9.17) is 14.5 Å². The third-order valence-corrected chi connectivity index (χ3v) is 6.13. The summed E-state index contributed by atoms with van der Waals surface area (Å²) in [4.78, 5) is 7.05. The molecule has 0 amide bonds. The minimum absolute atomic E-state index is 0.205. The number of benzene rings is 2. The van der Waals surface area contributed by atoms with Crippen molar-refractivity contribution in [2.45, 2.75) is 19.5 Å². The predicted octanol–water partition coefficient (Wildman–Crippen LogP) is 5.27. The lowest BCUT2D eigenvalue weighted by Crippen LogP contribution is -2.22. The average Bonchev–Trinajstić information content (AvgIpc) is 3.06. The molecule has 1 atom stereocenters. The molecule has 4 nitrogen and oxygen atoms in total. The lowest BCUT2D eigenvalue weighted by molar-refractivity contribution is 0.248. The van der Waals surface area contributed by atoms with Crippen LogP contribution in [0.3, 0.4) is 0 Å². The second-order valence-electron chi connectivity index (χ2n) is 5.91. The van der Waals surface area contributed by atoms with Gasteiger partial charge in [-0.2, -0.15) is 0 Å². The van der Waals surface area contributed by atoms with Crippen LogP contribution in [0.5, 0.6) is 11.5 Å². The van der Waals surface area contributed by atoms with Gasteiger partial charge in [-0.25, -0.2) is 4.98 Å². The number of hydrogen-bond acceptors (Lipinski definition) is 5. The molecular weight excluding hydrogens is 400 g/mol. The molecule has 132 valence electrons. The van der Waals surface area contributed by atoms with Gasteiger partial charge in [0.1, 0.15) is 16.5 Å². The smallest absolute Gasteiger partial charge is 0.133 e. The molecule has 0 spiro atoms. The van der Waals surface area contributed by atoms with Gasteiger partial charge in [0, 0.05) is 12.1 Å². The summed E-state index contributed by atoms with van der Waals surface area (Å²) in [6, 6.07) is 12.4. The van der Waals surface area contributed by atoms with Crippen LogP contribution < -0.4 is 9.47 Å². The first-order valence-electron chi connectivity index (χ1n) is 7.99. The lowest BCUT2D eigenvalue weighted by Gasteiger charge is -2.24. The standard InChI is InChI=1S/C19H21BrN2O2S/c1-12(19-21-15-7-5-6-8-18(15)25-19)22(2)11-13-9-17(24-4)14(20)10-16(13)23-3/h5-10,12H,11H2,1-4H3/t12-/m0/s1. The number of para-hydroxylation sites is 1. The van der Waals surface area contributed by atoms with Crippen molar-refractivity contribution in [1.29, 1.82) is 0 Å². The molecule has 0 fully saturated rings. The van der Waals surface area contributed by atoms with Gasteiger partial charge in [0.25, 0.3) is 0 Å². The maximum atomic E-state index is 5.53. The summed E-state index contributed by atoms with van der Waals surface area (Å²) in [5, 5.41) is 1.12. The number of hydrogen-bond donors (Lipinski definition) is 0. The van der Waals surface area contributed by atoms with Crippen molar-refractivity contribution in [2.75, 3.05) is 21.3 Å². The fourth-order valence-electron chi connectivity index (χ4n) is 2.71. The Hall–Kier alpha value is -1.63. The summed E-state index contributed by atoms with van der Waals surface area (Å²) < 4.78 is 13.1. The molecule has 0 N–H and O–H groups in total. The fraction of sp³-hybridized carbons (Fsp3) is 0.316. The summed E-state index contributed by atoms with van der Waals surface area (Å²) >= 11 is 5.25. The third kappa shape index (κ3) is 3.81. The van der Waals surface area contributed by atoms with Crippen LogP contribution in [0.1, 0.15) is 23.5 Å². The van der Waals surface area contributed by atoms with Crippen LogP contribution in [0.25, 0.3) is 10.2 Å². The van der Waals surface area contributed by atoms with Gasteiger partial charge in [0.2, 0.25) is 0 Å². The van der Waals surface area contributed by atoms with Crippen molar-refractivity contribution < 1.29 is 9.47 Å². The van der Waals surface area contributed by atoms with Crippen molar-refractivity contribution in [3.63, 3.8) is 0 Å². The largest absolute Gasteiger partial charge is 0.496 e. The van der Waals surface area contributed by atoms with E-state index < -0.39 is 0 Å². The van der Waals surface area contributed by atoms with Crippen molar-refractivity contribution in [3.05, 3.63) is 51.4 Å². The second-order valence-corrected chi connectivity index (χ2v) is 7.83. The highest BCUT2D eigenvalue weighted by molar-refractivity contribution is 9.10. The van der Waals surface area contributed by atoms with Crippen LogP contribution in [0.15, 0.2) is 40.9 Å². The van der Waals surface area contributed by atoms with Crippen molar-refractivity contribution in [3.8, 4) is 11.5 Å². The number of methoxy groups -OCH3 is 2. The first-order chi connectivity index (χ1) is 12.0. The SMILES string of the molecule is COc1cc(CN(C)[C@@H](C)c2nc3ccccc3s2)c(OC)cc1Br. The highest BCUT2D eigenvalue weighted by Crippen LogP contribution is 2.35. The van der Waals surface area contributed by atoms with Gasteiger partial charge in [-0.3, -0.25) is 4.90 Å². The van der Waals surface area contributed by atoms with Crippen LogP contribution in [-0.2, 0) is 6.54 Å². The highest BCUT2D eigenvalue weighted by atomic mass is 79.9. The minimum atomic E-state index is 0.205. The summed E-state index contributed by atoms with van der Waals surface area (Å²) in [5.41, 5.74) is 2.14. The van der Waals surface area contributed by atoms with Gasteiger partial charge in [0.15, 0.2) is 0 Å². The molecule has 0 aliphatic heterocycles. The quantitative estimate of drug-likeness (QED) is 0.543. The zero-order chi connectivity index (χ0) is 18.0. The molecule has 3 aromatic rings. The highest BCUT2D eigenvalue weighted by Gasteiger charge is 2.19. The lowest BCUT2D eigenvalue weighted by atomic mass is 10.1. The van der Waals surface area contributed by atoms with Gasteiger partial charge in [-0.15, -0.1) is 11.3 Å². The van der Waals surface area contributed by atoms with Gasteiger partial charge in [-0.05, 0) is 54.2 Å². The summed E-state index contributed by atoms with van der Waals surface area (Å²) in [6.45, 7) is 2.92. The molecule has 0 unspecified atom stereocenters. The van der Waals surface area contributed by atoms with Crippen LogP contribution in [-0.4, -0.2) is 31.2 Å². The first-order valence-corrected chi connectivity index (χ1v) is 9.60.